The van der Waals surface area contributed by atoms with Gasteiger partial charge in [0.2, 0.25) is 0 Å². The molecule has 0 saturated heterocycles. The van der Waals surface area contributed by atoms with Gasteiger partial charge in [0, 0.05) is 23.0 Å². The Balaban J connectivity index is 1.71. The molecular weight excluding hydrogens is 320 g/mol. The van der Waals surface area contributed by atoms with Gasteiger partial charge in [0.1, 0.15) is 0 Å². The van der Waals surface area contributed by atoms with Crippen molar-refractivity contribution in [2.45, 2.75) is 59.3 Å². The van der Waals surface area contributed by atoms with E-state index in [1.807, 2.05) is 12.1 Å². The third-order valence-corrected chi connectivity index (χ3v) is 7.23. The average molecular weight is 351 g/mol. The van der Waals surface area contributed by atoms with Crippen molar-refractivity contribution in [3.63, 3.8) is 0 Å². The first kappa shape index (κ1) is 17.7. The summed E-state index contributed by atoms with van der Waals surface area (Å²) in [7, 11) is 0. The molecule has 5 atom stereocenters. The maximum absolute atomic E-state index is 13.5. The van der Waals surface area contributed by atoms with Gasteiger partial charge < -0.3 is 0 Å². The maximum atomic E-state index is 13.5. The molecule has 3 aliphatic rings. The van der Waals surface area contributed by atoms with E-state index in [9.17, 15) is 9.59 Å². The van der Waals surface area contributed by atoms with E-state index in [-0.39, 0.29) is 34.7 Å². The number of fused-ring (bicyclic) bond motifs is 6. The summed E-state index contributed by atoms with van der Waals surface area (Å²) in [6.45, 7) is 6.62. The molecule has 0 heterocycles. The van der Waals surface area contributed by atoms with Gasteiger partial charge in [0.15, 0.2) is 11.6 Å². The van der Waals surface area contributed by atoms with E-state index in [2.05, 4.69) is 39.0 Å². The Morgan fingerprint density at radius 3 is 2.73 bits per heavy atom. The van der Waals surface area contributed by atoms with E-state index in [0.29, 0.717) is 11.5 Å². The van der Waals surface area contributed by atoms with Crippen molar-refractivity contribution in [3.05, 3.63) is 47.0 Å². The minimum Gasteiger partial charge on any atom is -0.294 e. The molecule has 1 fully saturated rings. The van der Waals surface area contributed by atoms with Crippen LogP contribution in [0.15, 0.2) is 30.4 Å². The van der Waals surface area contributed by atoms with Gasteiger partial charge in [-0.2, -0.15) is 0 Å². The fourth-order valence-corrected chi connectivity index (χ4v) is 5.79. The highest BCUT2D eigenvalue weighted by atomic mass is 16.1. The molecule has 2 bridgehead atoms. The van der Waals surface area contributed by atoms with Crippen molar-refractivity contribution in [2.75, 3.05) is 0 Å². The molecule has 3 aliphatic carbocycles. The highest BCUT2D eigenvalue weighted by molar-refractivity contribution is 6.17. The topological polar surface area (TPSA) is 34.1 Å². The maximum Gasteiger partial charge on any atom is 0.168 e. The summed E-state index contributed by atoms with van der Waals surface area (Å²) in [4.78, 5) is 26.8. The Morgan fingerprint density at radius 2 is 2.00 bits per heavy atom. The summed E-state index contributed by atoms with van der Waals surface area (Å²) >= 11 is 0. The van der Waals surface area contributed by atoms with Gasteiger partial charge >= 0.3 is 0 Å². The van der Waals surface area contributed by atoms with Gasteiger partial charge in [0.25, 0.3) is 0 Å². The zero-order chi connectivity index (χ0) is 18.5. The molecule has 5 unspecified atom stereocenters. The fourth-order valence-electron chi connectivity index (χ4n) is 5.79. The predicted molar refractivity (Wildman–Crippen MR) is 104 cm³/mol. The van der Waals surface area contributed by atoms with Crippen LogP contribution in [0.5, 0.6) is 0 Å². The fraction of sp³-hybridized carbons (Fsp3) is 0.583. The first-order chi connectivity index (χ1) is 12.5. The van der Waals surface area contributed by atoms with Crippen molar-refractivity contribution >= 4 is 11.6 Å². The Hall–Kier alpha value is -1.70. The van der Waals surface area contributed by atoms with E-state index in [4.69, 9.17) is 0 Å². The van der Waals surface area contributed by atoms with Crippen LogP contribution in [0.4, 0.5) is 0 Å². The van der Waals surface area contributed by atoms with Gasteiger partial charge in [-0.05, 0) is 35.7 Å². The lowest BCUT2D eigenvalue weighted by Gasteiger charge is -2.36. The molecule has 0 amide bonds. The minimum atomic E-state index is -0.144. The highest BCUT2D eigenvalue weighted by Crippen LogP contribution is 2.59. The number of benzene rings is 1. The van der Waals surface area contributed by atoms with Crippen LogP contribution >= 0.6 is 0 Å². The summed E-state index contributed by atoms with van der Waals surface area (Å²) < 4.78 is 0. The van der Waals surface area contributed by atoms with Crippen LogP contribution in [-0.4, -0.2) is 11.6 Å². The van der Waals surface area contributed by atoms with Crippen LogP contribution in [0.2, 0.25) is 0 Å². The number of allylic oxidation sites excluding steroid dienone is 2. The number of carbonyl (C=O) groups excluding carboxylic acids is 2. The molecule has 2 heteroatoms. The second kappa shape index (κ2) is 6.48. The third kappa shape index (κ3) is 2.52. The molecule has 1 aromatic carbocycles. The molecule has 4 rings (SSSR count). The van der Waals surface area contributed by atoms with Gasteiger partial charge in [-0.15, -0.1) is 0 Å². The summed E-state index contributed by atoms with van der Waals surface area (Å²) in [6, 6.07) is 5.96. The van der Waals surface area contributed by atoms with E-state index < -0.39 is 0 Å². The third-order valence-electron chi connectivity index (χ3n) is 7.23. The van der Waals surface area contributed by atoms with Crippen molar-refractivity contribution in [2.24, 2.45) is 29.1 Å². The van der Waals surface area contributed by atoms with E-state index in [1.54, 1.807) is 0 Å². The smallest absolute Gasteiger partial charge is 0.168 e. The van der Waals surface area contributed by atoms with Crippen LogP contribution in [0.3, 0.4) is 0 Å². The first-order valence-corrected chi connectivity index (χ1v) is 10.4. The lowest BCUT2D eigenvalue weighted by molar-refractivity contribution is 0.0675. The van der Waals surface area contributed by atoms with Gasteiger partial charge in [0.05, 0.1) is 0 Å². The molecule has 0 spiro atoms. The number of rotatable bonds is 6. The standard InChI is InChI=1S/C24H30O2/c1-4-6-8-15(5-2)13-16-9-7-10-18-19(16)23(26)20-17-11-12-24(3,14-17)21(20)22(18)25/h7,9-12,15,17,20-21H,4-6,8,13-14H2,1-3H3. The molecule has 26 heavy (non-hydrogen) atoms. The molecule has 138 valence electrons. The summed E-state index contributed by atoms with van der Waals surface area (Å²) in [6.07, 6.45) is 11.0. The van der Waals surface area contributed by atoms with Crippen LogP contribution < -0.4 is 0 Å². The first-order valence-electron chi connectivity index (χ1n) is 10.4. The zero-order valence-electron chi connectivity index (χ0n) is 16.3. The highest BCUT2D eigenvalue weighted by Gasteiger charge is 2.60. The van der Waals surface area contributed by atoms with Crippen LogP contribution in [0.1, 0.15) is 79.2 Å². The molecular formula is C24H30O2. The van der Waals surface area contributed by atoms with Crippen LogP contribution in [-0.2, 0) is 6.42 Å². The quantitative estimate of drug-likeness (QED) is 0.621. The molecule has 0 aromatic heterocycles. The van der Waals surface area contributed by atoms with Crippen molar-refractivity contribution in [1.82, 2.24) is 0 Å². The number of carbonyl (C=O) groups is 2. The molecule has 0 aliphatic heterocycles. The largest absolute Gasteiger partial charge is 0.294 e. The van der Waals surface area contributed by atoms with Gasteiger partial charge in [-0.3, -0.25) is 9.59 Å². The van der Waals surface area contributed by atoms with E-state index >= 15 is 0 Å². The van der Waals surface area contributed by atoms with Gasteiger partial charge in [-0.25, -0.2) is 0 Å². The van der Waals surface area contributed by atoms with Crippen molar-refractivity contribution in [3.8, 4) is 0 Å². The summed E-state index contributed by atoms with van der Waals surface area (Å²) in [5, 5.41) is 0. The zero-order valence-corrected chi connectivity index (χ0v) is 16.3. The molecule has 0 N–H and O–H groups in total. The Labute approximate surface area is 157 Å². The SMILES string of the molecule is CCCCC(CC)Cc1cccc2c1C(=O)C1C3C=CC(C)(C3)C1C2=O. The number of Topliss-reactive ketones (excluding diaryl/α,β-unsaturated/α-hetero) is 2. The summed E-state index contributed by atoms with van der Waals surface area (Å²) in [5.74, 6) is 1.03. The Bertz CT molecular complexity index is 774. The lowest BCUT2D eigenvalue weighted by Crippen LogP contribution is -2.42. The minimum absolute atomic E-state index is 0.122. The number of ketones is 2. The number of hydrogen-bond acceptors (Lipinski definition) is 2. The molecule has 1 saturated carbocycles. The second-order valence-corrected chi connectivity index (χ2v) is 8.93. The van der Waals surface area contributed by atoms with Crippen LogP contribution in [0.25, 0.3) is 0 Å². The number of unbranched alkanes of at least 4 members (excludes halogenated alkanes) is 1. The normalized spacial score (nSPS) is 32.7. The monoisotopic (exact) mass is 350 g/mol. The van der Waals surface area contributed by atoms with E-state index in [0.717, 1.165) is 30.4 Å². The van der Waals surface area contributed by atoms with Gasteiger partial charge in [-0.1, -0.05) is 76.8 Å². The summed E-state index contributed by atoms with van der Waals surface area (Å²) in [5.41, 5.74) is 2.45. The lowest BCUT2D eigenvalue weighted by atomic mass is 9.64. The van der Waals surface area contributed by atoms with Crippen LogP contribution in [0, 0.1) is 29.1 Å². The number of hydrogen-bond donors (Lipinski definition) is 0. The Kier molecular flexibility index (Phi) is 4.41. The van der Waals surface area contributed by atoms with Crippen molar-refractivity contribution < 1.29 is 9.59 Å². The van der Waals surface area contributed by atoms with E-state index in [1.165, 1.54) is 19.3 Å². The average Bonchev–Trinajstić information content (AvgIpc) is 3.17. The predicted octanol–water partition coefficient (Wildman–Crippen LogP) is 5.65. The molecule has 1 aromatic rings. The molecule has 2 nitrogen and oxygen atoms in total. The van der Waals surface area contributed by atoms with Crippen molar-refractivity contribution in [1.29, 1.82) is 0 Å². The molecule has 0 radical (unpaired) electrons. The Morgan fingerprint density at radius 1 is 1.19 bits per heavy atom. The second-order valence-electron chi connectivity index (χ2n) is 8.93.